The minimum atomic E-state index is -1.02. The fourth-order valence-corrected chi connectivity index (χ4v) is 2.30. The average molecular weight is 301 g/mol. The zero-order valence-electron chi connectivity index (χ0n) is 13.0. The van der Waals surface area contributed by atoms with Gasteiger partial charge in [-0.3, -0.25) is 9.48 Å². The molecule has 0 fully saturated rings. The summed E-state index contributed by atoms with van der Waals surface area (Å²) in [5.41, 5.74) is 2.52. The van der Waals surface area contributed by atoms with E-state index in [4.69, 9.17) is 5.11 Å². The topological polar surface area (TPSA) is 84.2 Å². The van der Waals surface area contributed by atoms with E-state index in [0.717, 1.165) is 5.69 Å². The first-order valence-electron chi connectivity index (χ1n) is 7.00. The molecular weight excluding hydrogens is 282 g/mol. The lowest BCUT2D eigenvalue weighted by Crippen LogP contribution is -2.14. The monoisotopic (exact) mass is 301 g/mol. The predicted molar refractivity (Wildman–Crippen MR) is 83.4 cm³/mol. The molecule has 6 nitrogen and oxygen atoms in total. The Labute approximate surface area is 128 Å². The predicted octanol–water partition coefficient (Wildman–Crippen LogP) is 3.03. The number of carbonyl (C=O) groups excluding carboxylic acids is 1. The summed E-state index contributed by atoms with van der Waals surface area (Å²) in [5, 5.41) is 16.0. The van der Waals surface area contributed by atoms with Crippen LogP contribution in [0, 0.1) is 13.8 Å². The number of aromatic nitrogens is 2. The highest BCUT2D eigenvalue weighted by Gasteiger charge is 2.16. The highest BCUT2D eigenvalue weighted by Crippen LogP contribution is 2.18. The quantitative estimate of drug-likeness (QED) is 0.909. The Morgan fingerprint density at radius 2 is 1.91 bits per heavy atom. The van der Waals surface area contributed by atoms with Crippen molar-refractivity contribution in [1.82, 2.24) is 9.78 Å². The van der Waals surface area contributed by atoms with Crippen LogP contribution < -0.4 is 5.32 Å². The number of benzene rings is 1. The van der Waals surface area contributed by atoms with E-state index in [1.807, 2.05) is 20.8 Å². The van der Waals surface area contributed by atoms with Gasteiger partial charge in [0.05, 0.1) is 17.3 Å². The first-order chi connectivity index (χ1) is 10.3. The van der Waals surface area contributed by atoms with Crippen molar-refractivity contribution in [3.8, 4) is 0 Å². The van der Waals surface area contributed by atoms with Crippen LogP contribution in [0.25, 0.3) is 0 Å². The van der Waals surface area contributed by atoms with Crippen molar-refractivity contribution in [1.29, 1.82) is 0 Å². The van der Waals surface area contributed by atoms with Crippen molar-refractivity contribution in [3.05, 3.63) is 46.8 Å². The molecule has 0 unspecified atom stereocenters. The van der Waals surface area contributed by atoms with Gasteiger partial charge in [-0.25, -0.2) is 4.79 Å². The molecule has 0 aliphatic rings. The number of carbonyl (C=O) groups is 2. The number of rotatable bonds is 4. The Balaban J connectivity index is 2.26. The lowest BCUT2D eigenvalue weighted by molar-refractivity contribution is 0.0695. The van der Waals surface area contributed by atoms with Gasteiger partial charge in [0, 0.05) is 17.4 Å². The second-order valence-corrected chi connectivity index (χ2v) is 5.47. The molecule has 1 aromatic heterocycles. The summed E-state index contributed by atoms with van der Waals surface area (Å²) < 4.78 is 1.77. The lowest BCUT2D eigenvalue weighted by atomic mass is 10.1. The normalized spacial score (nSPS) is 10.8. The van der Waals surface area contributed by atoms with Crippen LogP contribution in [0.3, 0.4) is 0 Å². The van der Waals surface area contributed by atoms with E-state index in [2.05, 4.69) is 10.4 Å². The molecular formula is C16H19N3O3. The number of nitrogens with one attached hydrogen (secondary N) is 1. The number of amides is 1. The molecule has 0 saturated carbocycles. The molecule has 2 aromatic rings. The molecule has 0 atom stereocenters. The second kappa shape index (κ2) is 6.01. The molecule has 2 N–H and O–H groups in total. The maximum Gasteiger partial charge on any atom is 0.336 e. The fraction of sp³-hybridized carbons (Fsp3) is 0.312. The smallest absolute Gasteiger partial charge is 0.336 e. The van der Waals surface area contributed by atoms with Gasteiger partial charge in [0.25, 0.3) is 5.91 Å². The molecule has 2 rings (SSSR count). The molecule has 0 aliphatic heterocycles. The Kier molecular flexibility index (Phi) is 4.30. The van der Waals surface area contributed by atoms with E-state index in [1.165, 1.54) is 12.3 Å². The Morgan fingerprint density at radius 1 is 1.23 bits per heavy atom. The molecule has 0 aliphatic carbocycles. The fourth-order valence-electron chi connectivity index (χ4n) is 2.30. The highest BCUT2D eigenvalue weighted by molar-refractivity contribution is 6.05. The molecule has 0 radical (unpaired) electrons. The minimum Gasteiger partial charge on any atom is -0.478 e. The average Bonchev–Trinajstić information content (AvgIpc) is 2.82. The van der Waals surface area contributed by atoms with Crippen molar-refractivity contribution in [2.75, 3.05) is 5.32 Å². The van der Waals surface area contributed by atoms with Crippen molar-refractivity contribution in [3.63, 3.8) is 0 Å². The molecule has 116 valence electrons. The van der Waals surface area contributed by atoms with Crippen molar-refractivity contribution < 1.29 is 14.7 Å². The first-order valence-corrected chi connectivity index (χ1v) is 7.00. The van der Waals surface area contributed by atoms with Crippen LogP contribution in [0.1, 0.15) is 51.9 Å². The zero-order chi connectivity index (χ0) is 16.4. The van der Waals surface area contributed by atoms with Gasteiger partial charge in [0.1, 0.15) is 0 Å². The molecule has 1 aromatic carbocycles. The number of anilines is 1. The van der Waals surface area contributed by atoms with Gasteiger partial charge >= 0.3 is 5.97 Å². The highest BCUT2D eigenvalue weighted by atomic mass is 16.4. The Hall–Kier alpha value is -2.63. The number of aromatic carboxylic acids is 1. The van der Waals surface area contributed by atoms with E-state index in [0.29, 0.717) is 16.8 Å². The standard InChI is InChI=1S/C16H19N3O3/c1-9(2)19-11(4)14(8-17-19)15(20)18-12-6-5-10(3)13(7-12)16(21)22/h5-9H,1-4H3,(H,18,20)(H,21,22). The van der Waals surface area contributed by atoms with Crippen molar-refractivity contribution in [2.24, 2.45) is 0 Å². The van der Waals surface area contributed by atoms with Crippen molar-refractivity contribution >= 4 is 17.6 Å². The summed E-state index contributed by atoms with van der Waals surface area (Å²) in [7, 11) is 0. The summed E-state index contributed by atoms with van der Waals surface area (Å²) in [6.45, 7) is 7.52. The van der Waals surface area contributed by atoms with E-state index < -0.39 is 5.97 Å². The zero-order valence-corrected chi connectivity index (χ0v) is 13.0. The van der Waals surface area contributed by atoms with Crippen molar-refractivity contribution in [2.45, 2.75) is 33.7 Å². The minimum absolute atomic E-state index is 0.166. The molecule has 0 saturated heterocycles. The van der Waals surface area contributed by atoms with Gasteiger partial charge in [0.15, 0.2) is 0 Å². The van der Waals surface area contributed by atoms with E-state index in [-0.39, 0.29) is 17.5 Å². The maximum atomic E-state index is 12.3. The van der Waals surface area contributed by atoms with E-state index in [1.54, 1.807) is 23.7 Å². The molecule has 1 heterocycles. The van der Waals surface area contributed by atoms with Gasteiger partial charge in [-0.05, 0) is 45.4 Å². The summed E-state index contributed by atoms with van der Waals surface area (Å²) in [5.74, 6) is -1.32. The Bertz CT molecular complexity index is 732. The largest absolute Gasteiger partial charge is 0.478 e. The number of carboxylic acid groups (broad SMARTS) is 1. The number of nitrogens with zero attached hydrogens (tertiary/aromatic N) is 2. The summed E-state index contributed by atoms with van der Waals surface area (Å²) >= 11 is 0. The number of hydrogen-bond donors (Lipinski definition) is 2. The van der Waals surface area contributed by atoms with Crippen LogP contribution in [0.5, 0.6) is 0 Å². The first kappa shape index (κ1) is 15.8. The van der Waals surface area contributed by atoms with Crippen LogP contribution in [0.4, 0.5) is 5.69 Å². The van der Waals surface area contributed by atoms with E-state index in [9.17, 15) is 9.59 Å². The molecule has 0 spiro atoms. The van der Waals surface area contributed by atoms with Crippen LogP contribution >= 0.6 is 0 Å². The van der Waals surface area contributed by atoms with Gasteiger partial charge in [-0.2, -0.15) is 5.10 Å². The maximum absolute atomic E-state index is 12.3. The van der Waals surface area contributed by atoms with Gasteiger partial charge in [-0.15, -0.1) is 0 Å². The molecule has 1 amide bonds. The third kappa shape index (κ3) is 3.00. The van der Waals surface area contributed by atoms with Crippen LogP contribution in [0.15, 0.2) is 24.4 Å². The lowest BCUT2D eigenvalue weighted by Gasteiger charge is -2.10. The number of aryl methyl sites for hydroxylation is 1. The second-order valence-electron chi connectivity index (χ2n) is 5.47. The summed E-state index contributed by atoms with van der Waals surface area (Å²) in [6, 6.07) is 4.97. The van der Waals surface area contributed by atoms with Gasteiger partial charge in [0.2, 0.25) is 0 Å². The third-order valence-electron chi connectivity index (χ3n) is 3.50. The number of carboxylic acids is 1. The summed E-state index contributed by atoms with van der Waals surface area (Å²) in [6.07, 6.45) is 1.52. The molecule has 0 bridgehead atoms. The summed E-state index contributed by atoms with van der Waals surface area (Å²) in [4.78, 5) is 23.5. The third-order valence-corrected chi connectivity index (χ3v) is 3.50. The molecule has 22 heavy (non-hydrogen) atoms. The van der Waals surface area contributed by atoms with Crippen LogP contribution in [-0.4, -0.2) is 26.8 Å². The van der Waals surface area contributed by atoms with Crippen LogP contribution in [0.2, 0.25) is 0 Å². The molecule has 6 heteroatoms. The number of hydrogen-bond acceptors (Lipinski definition) is 3. The SMILES string of the molecule is Cc1ccc(NC(=O)c2cnn(C(C)C)c2C)cc1C(=O)O. The Morgan fingerprint density at radius 3 is 2.45 bits per heavy atom. The van der Waals surface area contributed by atoms with Gasteiger partial charge < -0.3 is 10.4 Å². The van der Waals surface area contributed by atoms with Crippen LogP contribution in [-0.2, 0) is 0 Å². The van der Waals surface area contributed by atoms with E-state index >= 15 is 0 Å². The van der Waals surface area contributed by atoms with Gasteiger partial charge in [-0.1, -0.05) is 6.07 Å².